The summed E-state index contributed by atoms with van der Waals surface area (Å²) in [5, 5.41) is 2.76. The standard InChI is InChI=1S/C23H19NO5S/c1-28-22(26)17-11-5-6-12-18(17)23(27)29-15-21(25)24-19-13-7-8-14-20(19)30-16-9-3-2-4-10-16/h2-14H,15H2,1H3,(H,24,25). The van der Waals surface area contributed by atoms with Crippen LogP contribution in [0.4, 0.5) is 5.69 Å². The van der Waals surface area contributed by atoms with Crippen molar-refractivity contribution in [3.8, 4) is 0 Å². The van der Waals surface area contributed by atoms with Gasteiger partial charge in [-0.25, -0.2) is 9.59 Å². The molecule has 0 unspecified atom stereocenters. The average Bonchev–Trinajstić information content (AvgIpc) is 2.79. The molecule has 3 aromatic rings. The number of hydrogen-bond donors (Lipinski definition) is 1. The van der Waals surface area contributed by atoms with E-state index in [0.29, 0.717) is 5.69 Å². The second kappa shape index (κ2) is 10.3. The second-order valence-electron chi connectivity index (χ2n) is 6.07. The van der Waals surface area contributed by atoms with Crippen LogP contribution in [0.2, 0.25) is 0 Å². The third-order valence-electron chi connectivity index (χ3n) is 4.02. The van der Waals surface area contributed by atoms with Crippen LogP contribution in [0.25, 0.3) is 0 Å². The molecule has 0 aliphatic heterocycles. The molecule has 0 bridgehead atoms. The van der Waals surface area contributed by atoms with Crippen molar-refractivity contribution in [2.45, 2.75) is 9.79 Å². The molecule has 1 N–H and O–H groups in total. The smallest absolute Gasteiger partial charge is 0.339 e. The number of benzene rings is 3. The molecule has 6 nitrogen and oxygen atoms in total. The summed E-state index contributed by atoms with van der Waals surface area (Å²) in [5.41, 5.74) is 0.731. The Bertz CT molecular complexity index is 1050. The van der Waals surface area contributed by atoms with Crippen molar-refractivity contribution in [3.63, 3.8) is 0 Å². The molecule has 152 valence electrons. The average molecular weight is 421 g/mol. The van der Waals surface area contributed by atoms with Crippen LogP contribution >= 0.6 is 11.8 Å². The number of methoxy groups -OCH3 is 1. The topological polar surface area (TPSA) is 81.7 Å². The molecule has 3 rings (SSSR count). The Morgan fingerprint density at radius 1 is 0.800 bits per heavy atom. The Labute approximate surface area is 178 Å². The molecule has 0 aliphatic rings. The van der Waals surface area contributed by atoms with Crippen LogP contribution in [-0.4, -0.2) is 31.6 Å². The van der Waals surface area contributed by atoms with E-state index >= 15 is 0 Å². The fourth-order valence-corrected chi connectivity index (χ4v) is 3.54. The van der Waals surface area contributed by atoms with E-state index < -0.39 is 24.5 Å². The van der Waals surface area contributed by atoms with Gasteiger partial charge in [0.15, 0.2) is 6.61 Å². The molecule has 0 fully saturated rings. The fraction of sp³-hybridized carbons (Fsp3) is 0.0870. The van der Waals surface area contributed by atoms with Crippen LogP contribution in [0.5, 0.6) is 0 Å². The highest BCUT2D eigenvalue weighted by Crippen LogP contribution is 2.33. The molecular formula is C23H19NO5S. The quantitative estimate of drug-likeness (QED) is 0.569. The van der Waals surface area contributed by atoms with Gasteiger partial charge in [-0.15, -0.1) is 0 Å². The summed E-state index contributed by atoms with van der Waals surface area (Å²) < 4.78 is 9.76. The SMILES string of the molecule is COC(=O)c1ccccc1C(=O)OCC(=O)Nc1ccccc1Sc1ccccc1. The molecule has 0 radical (unpaired) electrons. The summed E-state index contributed by atoms with van der Waals surface area (Å²) >= 11 is 1.51. The highest BCUT2D eigenvalue weighted by molar-refractivity contribution is 7.99. The highest BCUT2D eigenvalue weighted by atomic mass is 32.2. The van der Waals surface area contributed by atoms with E-state index in [1.165, 1.54) is 31.0 Å². The molecule has 0 atom stereocenters. The maximum atomic E-state index is 12.3. The lowest BCUT2D eigenvalue weighted by Crippen LogP contribution is -2.22. The predicted molar refractivity (Wildman–Crippen MR) is 114 cm³/mol. The molecule has 0 saturated carbocycles. The number of nitrogens with one attached hydrogen (secondary N) is 1. The van der Waals surface area contributed by atoms with E-state index in [9.17, 15) is 14.4 Å². The van der Waals surface area contributed by atoms with Crippen molar-refractivity contribution in [1.29, 1.82) is 0 Å². The van der Waals surface area contributed by atoms with Gasteiger partial charge in [0.25, 0.3) is 5.91 Å². The first kappa shape index (κ1) is 21.1. The van der Waals surface area contributed by atoms with Crippen molar-refractivity contribution in [2.24, 2.45) is 0 Å². The van der Waals surface area contributed by atoms with Gasteiger partial charge in [0.2, 0.25) is 0 Å². The fourth-order valence-electron chi connectivity index (χ4n) is 2.62. The zero-order valence-corrected chi connectivity index (χ0v) is 17.0. The molecule has 30 heavy (non-hydrogen) atoms. The van der Waals surface area contributed by atoms with Gasteiger partial charge in [0.1, 0.15) is 0 Å². The van der Waals surface area contributed by atoms with E-state index in [4.69, 9.17) is 4.74 Å². The highest BCUT2D eigenvalue weighted by Gasteiger charge is 2.19. The van der Waals surface area contributed by atoms with Gasteiger partial charge in [-0.3, -0.25) is 4.79 Å². The summed E-state index contributed by atoms with van der Waals surface area (Å²) in [6, 6.07) is 23.2. The Morgan fingerprint density at radius 2 is 1.40 bits per heavy atom. The normalized spacial score (nSPS) is 10.2. The third kappa shape index (κ3) is 5.48. The van der Waals surface area contributed by atoms with E-state index in [-0.39, 0.29) is 11.1 Å². The van der Waals surface area contributed by atoms with E-state index in [1.807, 2.05) is 48.5 Å². The molecule has 0 aromatic heterocycles. The zero-order chi connectivity index (χ0) is 21.3. The van der Waals surface area contributed by atoms with Gasteiger partial charge >= 0.3 is 11.9 Å². The Kier molecular flexibility index (Phi) is 7.24. The number of hydrogen-bond acceptors (Lipinski definition) is 6. The molecular weight excluding hydrogens is 402 g/mol. The number of esters is 2. The van der Waals surface area contributed by atoms with Crippen molar-refractivity contribution >= 4 is 35.3 Å². The van der Waals surface area contributed by atoms with Crippen LogP contribution < -0.4 is 5.32 Å². The van der Waals surface area contributed by atoms with Gasteiger partial charge in [0.05, 0.1) is 23.9 Å². The molecule has 1 amide bonds. The minimum absolute atomic E-state index is 0.0391. The first-order chi connectivity index (χ1) is 14.6. The molecule has 0 heterocycles. The largest absolute Gasteiger partial charge is 0.465 e. The minimum atomic E-state index is -0.780. The monoisotopic (exact) mass is 421 g/mol. The number of carbonyl (C=O) groups excluding carboxylic acids is 3. The lowest BCUT2D eigenvalue weighted by Gasteiger charge is -2.11. The number of ether oxygens (including phenoxy) is 2. The molecule has 3 aromatic carbocycles. The van der Waals surface area contributed by atoms with Gasteiger partial charge in [-0.1, -0.05) is 54.2 Å². The van der Waals surface area contributed by atoms with Crippen molar-refractivity contribution in [2.75, 3.05) is 19.0 Å². The summed E-state index contributed by atoms with van der Waals surface area (Å²) in [4.78, 5) is 38.4. The summed E-state index contributed by atoms with van der Waals surface area (Å²) in [5.74, 6) is -1.92. The summed E-state index contributed by atoms with van der Waals surface area (Å²) in [6.45, 7) is -0.487. The second-order valence-corrected chi connectivity index (χ2v) is 7.19. The Hall–Kier alpha value is -3.58. The molecule has 0 aliphatic carbocycles. The lowest BCUT2D eigenvalue weighted by atomic mass is 10.1. The van der Waals surface area contributed by atoms with Crippen LogP contribution in [0.15, 0.2) is 88.7 Å². The van der Waals surface area contributed by atoms with E-state index in [2.05, 4.69) is 10.1 Å². The van der Waals surface area contributed by atoms with Crippen LogP contribution in [0.1, 0.15) is 20.7 Å². The van der Waals surface area contributed by atoms with Crippen molar-refractivity contribution in [1.82, 2.24) is 0 Å². The molecule has 0 spiro atoms. The zero-order valence-electron chi connectivity index (χ0n) is 16.2. The lowest BCUT2D eigenvalue weighted by molar-refractivity contribution is -0.119. The molecule has 0 saturated heterocycles. The van der Waals surface area contributed by atoms with Gasteiger partial charge in [-0.2, -0.15) is 0 Å². The summed E-state index contributed by atoms with van der Waals surface area (Å²) in [7, 11) is 1.22. The number of amides is 1. The Balaban J connectivity index is 1.63. The maximum Gasteiger partial charge on any atom is 0.339 e. The minimum Gasteiger partial charge on any atom is -0.465 e. The van der Waals surface area contributed by atoms with Crippen LogP contribution in [0.3, 0.4) is 0 Å². The van der Waals surface area contributed by atoms with E-state index in [0.717, 1.165) is 9.79 Å². The summed E-state index contributed by atoms with van der Waals surface area (Å²) in [6.07, 6.45) is 0. The molecule has 7 heteroatoms. The van der Waals surface area contributed by atoms with Crippen LogP contribution in [0, 0.1) is 0 Å². The number of carbonyl (C=O) groups is 3. The van der Waals surface area contributed by atoms with Gasteiger partial charge in [0, 0.05) is 9.79 Å². The first-order valence-electron chi connectivity index (χ1n) is 9.04. The van der Waals surface area contributed by atoms with Crippen LogP contribution in [-0.2, 0) is 14.3 Å². The van der Waals surface area contributed by atoms with Crippen molar-refractivity contribution in [3.05, 3.63) is 90.0 Å². The number of rotatable bonds is 7. The van der Waals surface area contributed by atoms with Gasteiger partial charge in [-0.05, 0) is 36.4 Å². The number of para-hydroxylation sites is 1. The predicted octanol–water partition coefficient (Wildman–Crippen LogP) is 4.42. The number of anilines is 1. The van der Waals surface area contributed by atoms with Gasteiger partial charge < -0.3 is 14.8 Å². The third-order valence-corrected chi connectivity index (χ3v) is 5.10. The van der Waals surface area contributed by atoms with E-state index in [1.54, 1.807) is 18.2 Å². The maximum absolute atomic E-state index is 12.3. The van der Waals surface area contributed by atoms with Crippen molar-refractivity contribution < 1.29 is 23.9 Å². The Morgan fingerprint density at radius 3 is 2.10 bits per heavy atom. The first-order valence-corrected chi connectivity index (χ1v) is 9.86.